The number of nitrogens with zero attached hydrogens (tertiary/aromatic N) is 1. The van der Waals surface area contributed by atoms with E-state index in [-0.39, 0.29) is 17.3 Å². The van der Waals surface area contributed by atoms with Gasteiger partial charge in [-0.1, -0.05) is 6.07 Å². The van der Waals surface area contributed by atoms with E-state index in [1.807, 2.05) is 17.5 Å². The zero-order valence-corrected chi connectivity index (χ0v) is 14.0. The molecule has 4 rings (SSSR count). The number of benzene rings is 1. The first-order valence-corrected chi connectivity index (χ1v) is 9.89. The Morgan fingerprint density at radius 3 is 2.87 bits per heavy atom. The maximum absolute atomic E-state index is 12.6. The van der Waals surface area contributed by atoms with Gasteiger partial charge in [-0.25, -0.2) is 13.1 Å². The lowest BCUT2D eigenvalue weighted by atomic mass is 10.0. The number of sulfonamides is 1. The van der Waals surface area contributed by atoms with Crippen LogP contribution in [0.15, 0.2) is 34.5 Å². The van der Waals surface area contributed by atoms with Gasteiger partial charge in [0.05, 0.1) is 17.0 Å². The first-order chi connectivity index (χ1) is 11.0. The Labute approximate surface area is 139 Å². The lowest BCUT2D eigenvalue weighted by Gasteiger charge is -2.25. The molecule has 0 atom stereocenters. The first-order valence-electron chi connectivity index (χ1n) is 7.53. The van der Waals surface area contributed by atoms with Gasteiger partial charge in [-0.15, -0.1) is 11.3 Å². The summed E-state index contributed by atoms with van der Waals surface area (Å²) in [7, 11) is -3.57. The third-order valence-electron chi connectivity index (χ3n) is 4.31. The SMILES string of the molecule is O=C1Cc2cc(S(=O)(=O)NCc3cccs3)cc3c2N1CCC3. The Morgan fingerprint density at radius 2 is 2.09 bits per heavy atom. The Kier molecular flexibility index (Phi) is 3.51. The highest BCUT2D eigenvalue weighted by Gasteiger charge is 2.33. The minimum absolute atomic E-state index is 0.0713. The van der Waals surface area contributed by atoms with Crippen LogP contribution in [0.2, 0.25) is 0 Å². The molecule has 3 heterocycles. The molecule has 0 unspecified atom stereocenters. The molecule has 120 valence electrons. The van der Waals surface area contributed by atoms with Crippen molar-refractivity contribution in [2.45, 2.75) is 30.7 Å². The Bertz CT molecular complexity index is 873. The molecule has 2 aliphatic heterocycles. The maximum Gasteiger partial charge on any atom is 0.240 e. The summed E-state index contributed by atoms with van der Waals surface area (Å²) in [4.78, 5) is 15.1. The highest BCUT2D eigenvalue weighted by Crippen LogP contribution is 2.38. The van der Waals surface area contributed by atoms with E-state index in [1.54, 1.807) is 17.0 Å². The highest BCUT2D eigenvalue weighted by molar-refractivity contribution is 7.89. The molecule has 1 aromatic carbocycles. The summed E-state index contributed by atoms with van der Waals surface area (Å²) in [5.74, 6) is 0.0713. The standard InChI is InChI=1S/C16H16N2O3S2/c19-15-9-12-8-14(7-11-3-1-5-18(15)16(11)12)23(20,21)17-10-13-4-2-6-22-13/h2,4,6-8,17H,1,3,5,9-10H2. The fourth-order valence-electron chi connectivity index (χ4n) is 3.27. The van der Waals surface area contributed by atoms with Gasteiger partial charge in [-0.2, -0.15) is 0 Å². The number of carbonyl (C=O) groups excluding carboxylic acids is 1. The molecular formula is C16H16N2O3S2. The number of thiophene rings is 1. The van der Waals surface area contributed by atoms with E-state index in [9.17, 15) is 13.2 Å². The number of hydrogen-bond acceptors (Lipinski definition) is 4. The van der Waals surface area contributed by atoms with E-state index in [0.717, 1.165) is 41.1 Å². The average molecular weight is 348 g/mol. The summed E-state index contributed by atoms with van der Waals surface area (Å²) >= 11 is 1.52. The van der Waals surface area contributed by atoms with Crippen LogP contribution in [-0.4, -0.2) is 20.9 Å². The molecule has 5 nitrogen and oxygen atoms in total. The monoisotopic (exact) mass is 348 g/mol. The summed E-state index contributed by atoms with van der Waals surface area (Å²) in [6.07, 6.45) is 2.00. The van der Waals surface area contributed by atoms with Crippen molar-refractivity contribution in [1.29, 1.82) is 0 Å². The number of hydrogen-bond donors (Lipinski definition) is 1. The number of nitrogens with one attached hydrogen (secondary N) is 1. The van der Waals surface area contributed by atoms with E-state index in [1.165, 1.54) is 11.3 Å². The molecule has 2 aromatic rings. The first kappa shape index (κ1) is 14.9. The minimum atomic E-state index is -3.57. The molecule has 1 N–H and O–H groups in total. The molecule has 0 aliphatic carbocycles. The van der Waals surface area contributed by atoms with Gasteiger partial charge >= 0.3 is 0 Å². The van der Waals surface area contributed by atoms with Gasteiger partial charge in [-0.05, 0) is 47.5 Å². The Morgan fingerprint density at radius 1 is 1.26 bits per heavy atom. The quantitative estimate of drug-likeness (QED) is 0.920. The zero-order valence-electron chi connectivity index (χ0n) is 12.4. The number of rotatable bonds is 4. The summed E-state index contributed by atoms with van der Waals surface area (Å²) in [5.41, 5.74) is 2.75. The summed E-state index contributed by atoms with van der Waals surface area (Å²) in [6, 6.07) is 7.17. The smallest absolute Gasteiger partial charge is 0.240 e. The van der Waals surface area contributed by atoms with E-state index >= 15 is 0 Å². The topological polar surface area (TPSA) is 66.5 Å². The number of aryl methyl sites for hydroxylation is 1. The molecule has 23 heavy (non-hydrogen) atoms. The van der Waals surface area contributed by atoms with E-state index in [2.05, 4.69) is 4.72 Å². The van der Waals surface area contributed by atoms with Crippen molar-refractivity contribution < 1.29 is 13.2 Å². The predicted molar refractivity (Wildman–Crippen MR) is 89.2 cm³/mol. The molecular weight excluding hydrogens is 332 g/mol. The Hall–Kier alpha value is -1.70. The molecule has 0 bridgehead atoms. The van der Waals surface area contributed by atoms with Gasteiger partial charge in [0.2, 0.25) is 15.9 Å². The number of anilines is 1. The van der Waals surface area contributed by atoms with Crippen LogP contribution in [0.3, 0.4) is 0 Å². The van der Waals surface area contributed by atoms with Gasteiger partial charge in [0, 0.05) is 18.0 Å². The largest absolute Gasteiger partial charge is 0.312 e. The van der Waals surface area contributed by atoms with Crippen LogP contribution in [-0.2, 0) is 34.2 Å². The molecule has 2 aliphatic rings. The second-order valence-electron chi connectivity index (χ2n) is 5.82. The molecule has 0 saturated carbocycles. The van der Waals surface area contributed by atoms with Crippen molar-refractivity contribution in [2.75, 3.05) is 11.4 Å². The van der Waals surface area contributed by atoms with Gasteiger partial charge in [0.1, 0.15) is 0 Å². The van der Waals surface area contributed by atoms with Gasteiger partial charge < -0.3 is 4.90 Å². The molecule has 0 radical (unpaired) electrons. The van der Waals surface area contributed by atoms with Gasteiger partial charge in [0.25, 0.3) is 0 Å². The van der Waals surface area contributed by atoms with Crippen molar-refractivity contribution in [2.24, 2.45) is 0 Å². The van der Waals surface area contributed by atoms with Crippen LogP contribution in [0.4, 0.5) is 5.69 Å². The van der Waals surface area contributed by atoms with Crippen LogP contribution in [0.5, 0.6) is 0 Å². The Balaban J connectivity index is 1.67. The zero-order chi connectivity index (χ0) is 16.0. The highest BCUT2D eigenvalue weighted by atomic mass is 32.2. The van der Waals surface area contributed by atoms with Crippen molar-refractivity contribution in [3.63, 3.8) is 0 Å². The van der Waals surface area contributed by atoms with E-state index < -0.39 is 10.0 Å². The minimum Gasteiger partial charge on any atom is -0.312 e. The molecule has 0 fully saturated rings. The molecule has 0 spiro atoms. The third-order valence-corrected chi connectivity index (χ3v) is 6.57. The number of amides is 1. The third kappa shape index (κ3) is 2.58. The molecule has 1 amide bonds. The lowest BCUT2D eigenvalue weighted by Crippen LogP contribution is -2.31. The van der Waals surface area contributed by atoms with Crippen LogP contribution in [0, 0.1) is 0 Å². The van der Waals surface area contributed by atoms with Crippen molar-refractivity contribution in [1.82, 2.24) is 4.72 Å². The lowest BCUT2D eigenvalue weighted by molar-refractivity contribution is -0.117. The van der Waals surface area contributed by atoms with Crippen LogP contribution in [0.1, 0.15) is 22.4 Å². The summed E-state index contributed by atoms with van der Waals surface area (Å²) in [5, 5.41) is 1.92. The maximum atomic E-state index is 12.6. The van der Waals surface area contributed by atoms with Crippen LogP contribution < -0.4 is 9.62 Å². The summed E-state index contributed by atoms with van der Waals surface area (Å²) < 4.78 is 27.8. The predicted octanol–water partition coefficient (Wildman–Crippen LogP) is 2.06. The van der Waals surface area contributed by atoms with Gasteiger partial charge in [-0.3, -0.25) is 4.79 Å². The fraction of sp³-hybridized carbons (Fsp3) is 0.312. The molecule has 0 saturated heterocycles. The second-order valence-corrected chi connectivity index (χ2v) is 8.62. The number of carbonyl (C=O) groups is 1. The van der Waals surface area contributed by atoms with Crippen LogP contribution >= 0.6 is 11.3 Å². The van der Waals surface area contributed by atoms with Crippen molar-refractivity contribution in [3.05, 3.63) is 45.6 Å². The van der Waals surface area contributed by atoms with Gasteiger partial charge in [0.15, 0.2) is 0 Å². The molecule has 7 heteroatoms. The fourth-order valence-corrected chi connectivity index (χ4v) is 5.11. The van der Waals surface area contributed by atoms with E-state index in [0.29, 0.717) is 6.42 Å². The summed E-state index contributed by atoms with van der Waals surface area (Å²) in [6.45, 7) is 1.03. The molecule has 1 aromatic heterocycles. The van der Waals surface area contributed by atoms with E-state index in [4.69, 9.17) is 0 Å². The van der Waals surface area contributed by atoms with Crippen molar-refractivity contribution in [3.8, 4) is 0 Å². The second kappa shape index (κ2) is 5.43. The normalized spacial score (nSPS) is 16.7. The van der Waals surface area contributed by atoms with Crippen molar-refractivity contribution >= 4 is 33.0 Å². The van der Waals surface area contributed by atoms with Crippen LogP contribution in [0.25, 0.3) is 0 Å². The average Bonchev–Trinajstić information content (AvgIpc) is 3.15.